The van der Waals surface area contributed by atoms with E-state index in [1.807, 2.05) is 0 Å². The molecule has 7 heteroatoms. The molecule has 0 saturated heterocycles. The fraction of sp³-hybridized carbons (Fsp3) is 0.286. The number of aromatic nitrogens is 1. The van der Waals surface area contributed by atoms with Crippen LogP contribution in [0.15, 0.2) is 18.3 Å². The van der Waals surface area contributed by atoms with Crippen molar-refractivity contribution in [2.75, 3.05) is 0 Å². The summed E-state index contributed by atoms with van der Waals surface area (Å²) in [5.74, 6) is -2.15. The number of hydrogen-bond donors (Lipinski definition) is 3. The Bertz CT molecular complexity index is 333. The van der Waals surface area contributed by atoms with Crippen LogP contribution in [-0.4, -0.2) is 22.2 Å². The van der Waals surface area contributed by atoms with Crippen molar-refractivity contribution < 1.29 is 23.1 Å². The minimum atomic E-state index is -5.05. The lowest BCUT2D eigenvalue weighted by molar-refractivity contribution is -0.205. The van der Waals surface area contributed by atoms with E-state index >= 15 is 0 Å². The maximum Gasteiger partial charge on any atom is 0.422 e. The predicted octanol–water partition coefficient (Wildman–Crippen LogP) is 0.816. The third-order valence-electron chi connectivity index (χ3n) is 1.81. The number of alkyl halides is 3. The molecular weight excluding hydrogens is 201 g/mol. The normalized spacial score (nSPS) is 16.3. The van der Waals surface area contributed by atoms with E-state index in [1.165, 1.54) is 12.3 Å². The maximum atomic E-state index is 12.4. The van der Waals surface area contributed by atoms with Crippen LogP contribution >= 0.6 is 0 Å². The Morgan fingerprint density at radius 1 is 1.50 bits per heavy atom. The number of halogens is 3. The molecule has 1 atom stereocenters. The number of carboxylic acid groups (broad SMARTS) is 1. The van der Waals surface area contributed by atoms with Gasteiger partial charge < -0.3 is 15.8 Å². The first-order valence-corrected chi connectivity index (χ1v) is 3.53. The zero-order valence-corrected chi connectivity index (χ0v) is 6.80. The van der Waals surface area contributed by atoms with Crippen LogP contribution < -0.4 is 5.73 Å². The highest BCUT2D eigenvalue weighted by Crippen LogP contribution is 2.36. The van der Waals surface area contributed by atoms with Gasteiger partial charge in [0, 0.05) is 6.20 Å². The van der Waals surface area contributed by atoms with E-state index in [0.29, 0.717) is 0 Å². The number of carbonyl (C=O) groups is 1. The van der Waals surface area contributed by atoms with Crippen LogP contribution in [0.1, 0.15) is 5.69 Å². The van der Waals surface area contributed by atoms with E-state index in [4.69, 9.17) is 10.8 Å². The minimum absolute atomic E-state index is 0.600. The summed E-state index contributed by atoms with van der Waals surface area (Å²) in [5, 5.41) is 8.47. The Morgan fingerprint density at radius 2 is 2.07 bits per heavy atom. The molecule has 4 N–H and O–H groups in total. The van der Waals surface area contributed by atoms with Gasteiger partial charge in [-0.2, -0.15) is 13.2 Å². The summed E-state index contributed by atoms with van der Waals surface area (Å²) < 4.78 is 37.2. The van der Waals surface area contributed by atoms with Gasteiger partial charge in [-0.1, -0.05) is 0 Å². The molecule has 0 aromatic carbocycles. The molecule has 1 rings (SSSR count). The standard InChI is InChI=1S/C7H7F3N2O2/c8-7(9,10)6(11,5(13)14)4-2-1-3-12-4/h1-3,12H,11H2,(H,13,14). The Balaban J connectivity index is 3.27. The van der Waals surface area contributed by atoms with Gasteiger partial charge in [-0.05, 0) is 12.1 Å². The molecule has 1 aromatic heterocycles. The van der Waals surface area contributed by atoms with Crippen molar-refractivity contribution in [2.24, 2.45) is 5.73 Å². The molecule has 1 aromatic rings. The number of nitrogens with one attached hydrogen (secondary N) is 1. The fourth-order valence-corrected chi connectivity index (χ4v) is 0.965. The zero-order chi connectivity index (χ0) is 11.0. The summed E-state index contributed by atoms with van der Waals surface area (Å²) in [7, 11) is 0. The molecule has 0 radical (unpaired) electrons. The highest BCUT2D eigenvalue weighted by Gasteiger charge is 2.60. The first-order chi connectivity index (χ1) is 6.30. The number of aromatic amines is 1. The van der Waals surface area contributed by atoms with Gasteiger partial charge in [0.1, 0.15) is 0 Å². The molecule has 0 aliphatic heterocycles. The van der Waals surface area contributed by atoms with Crippen molar-refractivity contribution >= 4 is 5.97 Å². The van der Waals surface area contributed by atoms with Crippen molar-refractivity contribution in [1.82, 2.24) is 4.98 Å². The molecule has 0 aliphatic rings. The second-order valence-corrected chi connectivity index (χ2v) is 2.69. The van der Waals surface area contributed by atoms with Crippen LogP contribution in [0.4, 0.5) is 13.2 Å². The summed E-state index contributed by atoms with van der Waals surface area (Å²) in [4.78, 5) is 12.6. The van der Waals surface area contributed by atoms with Crippen molar-refractivity contribution in [2.45, 2.75) is 11.7 Å². The van der Waals surface area contributed by atoms with Crippen molar-refractivity contribution in [3.63, 3.8) is 0 Å². The Labute approximate surface area is 76.5 Å². The molecule has 0 spiro atoms. The molecule has 4 nitrogen and oxygen atoms in total. The summed E-state index contributed by atoms with van der Waals surface area (Å²) in [6, 6.07) is 2.22. The lowest BCUT2D eigenvalue weighted by Gasteiger charge is -2.26. The van der Waals surface area contributed by atoms with Gasteiger partial charge in [0.25, 0.3) is 5.54 Å². The first-order valence-electron chi connectivity index (χ1n) is 3.53. The molecule has 0 fully saturated rings. The number of rotatable bonds is 2. The zero-order valence-electron chi connectivity index (χ0n) is 6.80. The lowest BCUT2D eigenvalue weighted by atomic mass is 9.96. The summed E-state index contributed by atoms with van der Waals surface area (Å²) in [6.45, 7) is 0. The SMILES string of the molecule is NC(C(=O)O)(c1ccc[nH]1)C(F)(F)F. The molecule has 0 saturated carbocycles. The summed E-state index contributed by atoms with van der Waals surface area (Å²) >= 11 is 0. The van der Waals surface area contributed by atoms with E-state index in [0.717, 1.165) is 6.07 Å². The van der Waals surface area contributed by atoms with E-state index < -0.39 is 23.4 Å². The van der Waals surface area contributed by atoms with E-state index in [-0.39, 0.29) is 0 Å². The van der Waals surface area contributed by atoms with E-state index in [1.54, 1.807) is 0 Å². The van der Waals surface area contributed by atoms with Crippen LogP contribution in [0.2, 0.25) is 0 Å². The van der Waals surface area contributed by atoms with Crippen molar-refractivity contribution in [1.29, 1.82) is 0 Å². The van der Waals surface area contributed by atoms with Gasteiger partial charge in [0.15, 0.2) is 0 Å². The van der Waals surface area contributed by atoms with Gasteiger partial charge >= 0.3 is 12.1 Å². The van der Waals surface area contributed by atoms with Gasteiger partial charge in [0.05, 0.1) is 5.69 Å². The average Bonchev–Trinajstić information content (AvgIpc) is 2.52. The maximum absolute atomic E-state index is 12.4. The molecular formula is C7H7F3N2O2. The van der Waals surface area contributed by atoms with Crippen LogP contribution in [0.3, 0.4) is 0 Å². The second kappa shape index (κ2) is 3.02. The summed E-state index contributed by atoms with van der Waals surface area (Å²) in [6.07, 6.45) is -3.88. The van der Waals surface area contributed by atoms with Crippen molar-refractivity contribution in [3.05, 3.63) is 24.0 Å². The minimum Gasteiger partial charge on any atom is -0.479 e. The van der Waals surface area contributed by atoms with Gasteiger partial charge in [-0.3, -0.25) is 0 Å². The number of H-pyrrole nitrogens is 1. The largest absolute Gasteiger partial charge is 0.479 e. The average molecular weight is 208 g/mol. The predicted molar refractivity (Wildman–Crippen MR) is 40.3 cm³/mol. The quantitative estimate of drug-likeness (QED) is 0.673. The Morgan fingerprint density at radius 3 is 2.36 bits per heavy atom. The smallest absolute Gasteiger partial charge is 0.422 e. The van der Waals surface area contributed by atoms with Crippen molar-refractivity contribution in [3.8, 4) is 0 Å². The molecule has 78 valence electrons. The topological polar surface area (TPSA) is 79.1 Å². The second-order valence-electron chi connectivity index (χ2n) is 2.69. The molecule has 0 amide bonds. The molecule has 1 unspecified atom stereocenters. The van der Waals surface area contributed by atoms with Crippen LogP contribution in [-0.2, 0) is 10.3 Å². The number of carboxylic acids is 1. The molecule has 0 bridgehead atoms. The molecule has 1 heterocycles. The van der Waals surface area contributed by atoms with Crippen LogP contribution in [0.25, 0.3) is 0 Å². The summed E-state index contributed by atoms with van der Waals surface area (Å²) in [5.41, 5.74) is 0.850. The number of nitrogens with two attached hydrogens (primary N) is 1. The van der Waals surface area contributed by atoms with Crippen LogP contribution in [0, 0.1) is 0 Å². The van der Waals surface area contributed by atoms with Gasteiger partial charge in [0.2, 0.25) is 0 Å². The highest BCUT2D eigenvalue weighted by atomic mass is 19.4. The third kappa shape index (κ3) is 1.35. The first kappa shape index (κ1) is 10.6. The lowest BCUT2D eigenvalue weighted by Crippen LogP contribution is -2.56. The monoisotopic (exact) mass is 208 g/mol. The van der Waals surface area contributed by atoms with Gasteiger partial charge in [-0.25, -0.2) is 4.79 Å². The molecule has 0 aliphatic carbocycles. The van der Waals surface area contributed by atoms with E-state index in [2.05, 4.69) is 4.98 Å². The van der Waals surface area contributed by atoms with Gasteiger partial charge in [-0.15, -0.1) is 0 Å². The number of aliphatic carboxylic acids is 1. The Hall–Kier alpha value is -1.50. The highest BCUT2D eigenvalue weighted by molar-refractivity contribution is 5.81. The Kier molecular flexibility index (Phi) is 2.28. The molecule has 14 heavy (non-hydrogen) atoms. The fourth-order valence-electron chi connectivity index (χ4n) is 0.965. The third-order valence-corrected chi connectivity index (χ3v) is 1.81. The van der Waals surface area contributed by atoms with E-state index in [9.17, 15) is 18.0 Å². The number of hydrogen-bond acceptors (Lipinski definition) is 2. The van der Waals surface area contributed by atoms with Crippen LogP contribution in [0.5, 0.6) is 0 Å².